The van der Waals surface area contributed by atoms with Gasteiger partial charge in [0, 0.05) is 38.5 Å². The van der Waals surface area contributed by atoms with Crippen molar-refractivity contribution >= 4 is 19.7 Å². The largest absolute Gasteiger partial charge is 0.500 e. The first kappa shape index (κ1) is 16.1. The van der Waals surface area contributed by atoms with Crippen molar-refractivity contribution in [1.82, 2.24) is 4.98 Å². The van der Waals surface area contributed by atoms with Gasteiger partial charge in [0.2, 0.25) is 0 Å². The second-order valence-electron chi connectivity index (χ2n) is 5.00. The van der Waals surface area contributed by atoms with E-state index in [0.29, 0.717) is 0 Å². The van der Waals surface area contributed by atoms with Gasteiger partial charge in [-0.25, -0.2) is 0 Å². The van der Waals surface area contributed by atoms with Gasteiger partial charge < -0.3 is 13.3 Å². The van der Waals surface area contributed by atoms with Gasteiger partial charge in [0.15, 0.2) is 0 Å². The second kappa shape index (κ2) is 7.65. The number of hydrogen-bond acceptors (Lipinski definition) is 4. The molecular weight excluding hydrogens is 282 g/mol. The van der Waals surface area contributed by atoms with E-state index >= 15 is 0 Å². The first-order chi connectivity index (χ1) is 10.2. The zero-order valence-corrected chi connectivity index (χ0v) is 14.0. The summed E-state index contributed by atoms with van der Waals surface area (Å²) in [6.07, 6.45) is 3.03. The second-order valence-corrected chi connectivity index (χ2v) is 8.09. The van der Waals surface area contributed by atoms with E-state index in [-0.39, 0.29) is 0 Å². The van der Waals surface area contributed by atoms with Gasteiger partial charge in [0.05, 0.1) is 5.52 Å². The van der Waals surface area contributed by atoms with Crippen molar-refractivity contribution in [3.63, 3.8) is 0 Å². The highest BCUT2D eigenvalue weighted by Gasteiger charge is 2.36. The molecule has 114 valence electrons. The van der Waals surface area contributed by atoms with Gasteiger partial charge in [0.25, 0.3) is 0 Å². The molecule has 2 aromatic rings. The van der Waals surface area contributed by atoms with Crippen LogP contribution in [0.5, 0.6) is 0 Å². The lowest BCUT2D eigenvalue weighted by molar-refractivity contribution is 0.123. The molecule has 0 atom stereocenters. The van der Waals surface area contributed by atoms with Gasteiger partial charge in [-0.15, -0.1) is 0 Å². The summed E-state index contributed by atoms with van der Waals surface area (Å²) in [4.78, 5) is 4.69. The summed E-state index contributed by atoms with van der Waals surface area (Å²) in [5, 5.41) is 1.19. The monoisotopic (exact) mass is 305 g/mol. The fourth-order valence-electron chi connectivity index (χ4n) is 2.45. The molecule has 0 bridgehead atoms. The third-order valence-electron chi connectivity index (χ3n) is 3.75. The van der Waals surface area contributed by atoms with Crippen molar-refractivity contribution < 1.29 is 13.3 Å². The Morgan fingerprint density at radius 2 is 1.62 bits per heavy atom. The van der Waals surface area contributed by atoms with E-state index in [2.05, 4.69) is 29.2 Å². The Morgan fingerprint density at radius 3 is 2.33 bits per heavy atom. The minimum Gasteiger partial charge on any atom is -0.377 e. The Labute approximate surface area is 127 Å². The molecule has 0 saturated heterocycles. The molecule has 0 fully saturated rings. The van der Waals surface area contributed by atoms with Crippen molar-refractivity contribution in [2.24, 2.45) is 0 Å². The van der Waals surface area contributed by atoms with Gasteiger partial charge in [-0.2, -0.15) is 0 Å². The molecule has 0 aliphatic rings. The summed E-state index contributed by atoms with van der Waals surface area (Å²) in [7, 11) is 2.55. The maximum atomic E-state index is 5.43. The van der Waals surface area contributed by atoms with Crippen LogP contribution in [0.25, 0.3) is 10.9 Å². The lowest BCUT2D eigenvalue weighted by Gasteiger charge is -2.24. The Kier molecular flexibility index (Phi) is 5.87. The van der Waals surface area contributed by atoms with E-state index < -0.39 is 8.80 Å². The Morgan fingerprint density at radius 1 is 0.905 bits per heavy atom. The molecule has 2 rings (SSSR count). The van der Waals surface area contributed by atoms with Crippen LogP contribution in [-0.2, 0) is 19.7 Å². The highest BCUT2D eigenvalue weighted by molar-refractivity contribution is 6.60. The summed E-state index contributed by atoms with van der Waals surface area (Å²) in [5.74, 6) is 0. The van der Waals surface area contributed by atoms with E-state index in [1.807, 2.05) is 12.1 Å². The molecule has 0 spiro atoms. The standard InChI is InChI=1S/C16H23NO3Si/c1-18-21(19-2,20-3)13-7-6-9-15-12-11-14-8-4-5-10-16(14)17-15/h4-5,8,10-12H,6-7,9,13H2,1-3H3. The van der Waals surface area contributed by atoms with Crippen molar-refractivity contribution in [2.75, 3.05) is 21.3 Å². The molecule has 4 nitrogen and oxygen atoms in total. The van der Waals surface area contributed by atoms with Crippen LogP contribution in [0.2, 0.25) is 6.04 Å². The number of pyridine rings is 1. The number of aryl methyl sites for hydroxylation is 1. The third-order valence-corrected chi connectivity index (χ3v) is 6.59. The number of benzene rings is 1. The highest BCUT2D eigenvalue weighted by atomic mass is 28.4. The average molecular weight is 305 g/mol. The molecule has 0 aliphatic carbocycles. The Bertz CT molecular complexity index is 564. The quantitative estimate of drug-likeness (QED) is 0.553. The number of hydrogen-bond donors (Lipinski definition) is 0. The Hall–Kier alpha value is -1.27. The van der Waals surface area contributed by atoms with Crippen LogP contribution in [-0.4, -0.2) is 35.1 Å². The van der Waals surface area contributed by atoms with E-state index in [4.69, 9.17) is 13.3 Å². The van der Waals surface area contributed by atoms with Gasteiger partial charge in [-0.05, 0) is 31.4 Å². The minimum atomic E-state index is -2.42. The number of rotatable bonds is 8. The van der Waals surface area contributed by atoms with Gasteiger partial charge in [-0.1, -0.05) is 24.3 Å². The summed E-state index contributed by atoms with van der Waals surface area (Å²) >= 11 is 0. The van der Waals surface area contributed by atoms with E-state index in [0.717, 1.165) is 36.5 Å². The lowest BCUT2D eigenvalue weighted by Crippen LogP contribution is -2.42. The summed E-state index contributed by atoms with van der Waals surface area (Å²) in [5.41, 5.74) is 2.19. The SMILES string of the molecule is CO[Si](CCCCc1ccc2ccccc2n1)(OC)OC. The smallest absolute Gasteiger partial charge is 0.377 e. The average Bonchev–Trinajstić information content (AvgIpc) is 2.55. The molecule has 0 amide bonds. The molecule has 1 heterocycles. The van der Waals surface area contributed by atoms with Crippen LogP contribution < -0.4 is 0 Å². The van der Waals surface area contributed by atoms with E-state index in [9.17, 15) is 0 Å². The van der Waals surface area contributed by atoms with Gasteiger partial charge in [-0.3, -0.25) is 4.98 Å². The predicted octanol–water partition coefficient (Wildman–Crippen LogP) is 3.44. The zero-order valence-electron chi connectivity index (χ0n) is 13.0. The molecule has 1 aromatic heterocycles. The molecule has 0 N–H and O–H groups in total. The fraction of sp³-hybridized carbons (Fsp3) is 0.438. The number of aromatic nitrogens is 1. The Balaban J connectivity index is 1.87. The van der Waals surface area contributed by atoms with Crippen LogP contribution >= 0.6 is 0 Å². The number of para-hydroxylation sites is 1. The number of fused-ring (bicyclic) bond motifs is 1. The van der Waals surface area contributed by atoms with E-state index in [1.165, 1.54) is 5.39 Å². The molecule has 0 radical (unpaired) electrons. The van der Waals surface area contributed by atoms with Gasteiger partial charge >= 0.3 is 8.80 Å². The molecular formula is C16H23NO3Si. The van der Waals surface area contributed by atoms with Crippen molar-refractivity contribution in [2.45, 2.75) is 25.3 Å². The zero-order chi connectivity index (χ0) is 15.1. The molecule has 0 saturated carbocycles. The molecule has 1 aromatic carbocycles. The number of unbranched alkanes of at least 4 members (excludes halogenated alkanes) is 1. The van der Waals surface area contributed by atoms with Crippen molar-refractivity contribution in [1.29, 1.82) is 0 Å². The predicted molar refractivity (Wildman–Crippen MR) is 86.3 cm³/mol. The first-order valence-electron chi connectivity index (χ1n) is 7.23. The van der Waals surface area contributed by atoms with Gasteiger partial charge in [0.1, 0.15) is 0 Å². The maximum absolute atomic E-state index is 5.43. The summed E-state index contributed by atoms with van der Waals surface area (Å²) in [6, 6.07) is 13.3. The number of nitrogens with zero attached hydrogens (tertiary/aromatic N) is 1. The van der Waals surface area contributed by atoms with Crippen molar-refractivity contribution in [3.05, 3.63) is 42.1 Å². The molecule has 0 unspecified atom stereocenters. The topological polar surface area (TPSA) is 40.6 Å². The highest BCUT2D eigenvalue weighted by Crippen LogP contribution is 2.18. The van der Waals surface area contributed by atoms with Crippen LogP contribution in [0, 0.1) is 0 Å². The molecule has 0 aliphatic heterocycles. The van der Waals surface area contributed by atoms with Crippen LogP contribution in [0.4, 0.5) is 0 Å². The first-order valence-corrected chi connectivity index (χ1v) is 9.16. The molecule has 5 heteroatoms. The third kappa shape index (κ3) is 4.10. The normalized spacial score (nSPS) is 12.0. The van der Waals surface area contributed by atoms with Crippen LogP contribution in [0.3, 0.4) is 0 Å². The minimum absolute atomic E-state index is 0.837. The molecule has 21 heavy (non-hydrogen) atoms. The lowest BCUT2D eigenvalue weighted by atomic mass is 10.1. The van der Waals surface area contributed by atoms with Crippen molar-refractivity contribution in [3.8, 4) is 0 Å². The summed E-state index contributed by atoms with van der Waals surface area (Å²) < 4.78 is 16.3. The van der Waals surface area contributed by atoms with Crippen LogP contribution in [0.1, 0.15) is 18.5 Å². The summed E-state index contributed by atoms with van der Waals surface area (Å²) in [6.45, 7) is 0. The fourth-order valence-corrected chi connectivity index (χ4v) is 4.25. The van der Waals surface area contributed by atoms with E-state index in [1.54, 1.807) is 21.3 Å². The maximum Gasteiger partial charge on any atom is 0.500 e. The van der Waals surface area contributed by atoms with Crippen LogP contribution in [0.15, 0.2) is 36.4 Å².